The van der Waals surface area contributed by atoms with Crippen LogP contribution in [0.25, 0.3) is 0 Å². The molecule has 0 aliphatic carbocycles. The summed E-state index contributed by atoms with van der Waals surface area (Å²) in [5, 5.41) is 13.3. The molecule has 0 unspecified atom stereocenters. The number of likely N-dealkylation sites (tertiary alicyclic amines) is 1. The van der Waals surface area contributed by atoms with Crippen LogP contribution in [0.15, 0.2) is 22.9 Å². The van der Waals surface area contributed by atoms with E-state index in [1.807, 2.05) is 13.8 Å². The second kappa shape index (κ2) is 5.88. The molecule has 0 aromatic carbocycles. The number of nitrogens with zero attached hydrogens (tertiary/aromatic N) is 3. The summed E-state index contributed by atoms with van der Waals surface area (Å²) >= 11 is 0. The summed E-state index contributed by atoms with van der Waals surface area (Å²) in [5.41, 5.74) is 2.92. The van der Waals surface area contributed by atoms with Crippen molar-refractivity contribution >= 4 is 5.97 Å². The van der Waals surface area contributed by atoms with Crippen LogP contribution in [0.3, 0.4) is 0 Å². The molecule has 6 heteroatoms. The maximum Gasteiger partial charge on any atom is 0.337 e. The standard InChI is InChI=1S/C16H19N3O3/c1-10-15(11(2)22-18-10)14-6-4-8-19(14)9-13-12(16(20)21)5-3-7-17-13/h3,5,7,14H,4,6,8-9H2,1-2H3,(H,20,21)/t14-/m0/s1. The molecule has 0 amide bonds. The molecule has 0 spiro atoms. The number of aryl methyl sites for hydroxylation is 2. The summed E-state index contributed by atoms with van der Waals surface area (Å²) in [5.74, 6) is -0.0925. The minimum absolute atomic E-state index is 0.218. The van der Waals surface area contributed by atoms with Gasteiger partial charge in [0.05, 0.1) is 17.0 Å². The van der Waals surface area contributed by atoms with Gasteiger partial charge in [0.2, 0.25) is 0 Å². The molecule has 0 saturated carbocycles. The third kappa shape index (κ3) is 2.62. The van der Waals surface area contributed by atoms with Gasteiger partial charge >= 0.3 is 5.97 Å². The molecule has 1 aliphatic rings. The Balaban J connectivity index is 1.88. The van der Waals surface area contributed by atoms with Crippen LogP contribution in [0.2, 0.25) is 0 Å². The van der Waals surface area contributed by atoms with Crippen LogP contribution in [-0.2, 0) is 6.54 Å². The van der Waals surface area contributed by atoms with Crippen molar-refractivity contribution in [2.24, 2.45) is 0 Å². The Morgan fingerprint density at radius 2 is 2.32 bits per heavy atom. The van der Waals surface area contributed by atoms with Crippen molar-refractivity contribution in [3.63, 3.8) is 0 Å². The summed E-state index contributed by atoms with van der Waals surface area (Å²) in [4.78, 5) is 17.9. The van der Waals surface area contributed by atoms with Crippen LogP contribution in [0.4, 0.5) is 0 Å². The Labute approximate surface area is 128 Å². The van der Waals surface area contributed by atoms with Gasteiger partial charge in [-0.3, -0.25) is 9.88 Å². The predicted molar refractivity (Wildman–Crippen MR) is 79.6 cm³/mol. The zero-order chi connectivity index (χ0) is 15.7. The van der Waals surface area contributed by atoms with Crippen molar-refractivity contribution in [1.82, 2.24) is 15.0 Å². The highest BCUT2D eigenvalue weighted by Gasteiger charge is 2.31. The molecule has 3 rings (SSSR count). The van der Waals surface area contributed by atoms with Crippen LogP contribution >= 0.6 is 0 Å². The van der Waals surface area contributed by atoms with Crippen LogP contribution in [0, 0.1) is 13.8 Å². The third-order valence-corrected chi connectivity index (χ3v) is 4.26. The van der Waals surface area contributed by atoms with Crippen LogP contribution in [0.5, 0.6) is 0 Å². The molecule has 0 bridgehead atoms. The molecule has 1 N–H and O–H groups in total. The van der Waals surface area contributed by atoms with E-state index in [-0.39, 0.29) is 11.6 Å². The lowest BCUT2D eigenvalue weighted by atomic mass is 10.0. The summed E-state index contributed by atoms with van der Waals surface area (Å²) < 4.78 is 5.28. The largest absolute Gasteiger partial charge is 0.478 e. The number of carboxylic acids is 1. The minimum atomic E-state index is -0.934. The van der Waals surface area contributed by atoms with Gasteiger partial charge in [-0.1, -0.05) is 5.16 Å². The second-order valence-corrected chi connectivity index (χ2v) is 5.67. The highest BCUT2D eigenvalue weighted by molar-refractivity contribution is 5.88. The van der Waals surface area contributed by atoms with Gasteiger partial charge in [0, 0.05) is 24.3 Å². The monoisotopic (exact) mass is 301 g/mol. The summed E-state index contributed by atoms with van der Waals surface area (Å²) in [6, 6.07) is 3.48. The Kier molecular flexibility index (Phi) is 3.94. The number of aromatic nitrogens is 2. The fourth-order valence-corrected chi connectivity index (χ4v) is 3.26. The molecule has 1 fully saturated rings. The van der Waals surface area contributed by atoms with Gasteiger partial charge in [-0.05, 0) is 45.4 Å². The van der Waals surface area contributed by atoms with Crippen molar-refractivity contribution in [2.75, 3.05) is 6.54 Å². The van der Waals surface area contributed by atoms with E-state index in [1.165, 1.54) is 0 Å². The number of hydrogen-bond donors (Lipinski definition) is 1. The molecule has 0 radical (unpaired) electrons. The smallest absolute Gasteiger partial charge is 0.337 e. The molecule has 22 heavy (non-hydrogen) atoms. The van der Waals surface area contributed by atoms with Gasteiger partial charge in [-0.25, -0.2) is 4.79 Å². The van der Waals surface area contributed by atoms with Gasteiger partial charge in [-0.2, -0.15) is 0 Å². The van der Waals surface area contributed by atoms with Crippen molar-refractivity contribution in [3.8, 4) is 0 Å². The summed E-state index contributed by atoms with van der Waals surface area (Å²) in [6.07, 6.45) is 3.74. The van der Waals surface area contributed by atoms with E-state index < -0.39 is 5.97 Å². The number of carbonyl (C=O) groups is 1. The Bertz CT molecular complexity index is 676. The number of pyridine rings is 1. The van der Waals surface area contributed by atoms with Gasteiger partial charge in [0.1, 0.15) is 5.76 Å². The van der Waals surface area contributed by atoms with Crippen molar-refractivity contribution in [2.45, 2.75) is 39.3 Å². The van der Waals surface area contributed by atoms with E-state index in [9.17, 15) is 9.90 Å². The van der Waals surface area contributed by atoms with E-state index in [1.54, 1.807) is 18.3 Å². The van der Waals surface area contributed by atoms with E-state index in [0.29, 0.717) is 12.2 Å². The quantitative estimate of drug-likeness (QED) is 0.935. The van der Waals surface area contributed by atoms with Gasteiger partial charge < -0.3 is 9.63 Å². The Morgan fingerprint density at radius 3 is 3.00 bits per heavy atom. The topological polar surface area (TPSA) is 79.5 Å². The fraction of sp³-hybridized carbons (Fsp3) is 0.438. The van der Waals surface area contributed by atoms with Gasteiger partial charge in [-0.15, -0.1) is 0 Å². The first kappa shape index (κ1) is 14.7. The fourth-order valence-electron chi connectivity index (χ4n) is 3.26. The number of hydrogen-bond acceptors (Lipinski definition) is 5. The molecular formula is C16H19N3O3. The molecule has 6 nitrogen and oxygen atoms in total. The maximum absolute atomic E-state index is 11.3. The highest BCUT2D eigenvalue weighted by atomic mass is 16.5. The lowest BCUT2D eigenvalue weighted by Gasteiger charge is -2.24. The zero-order valence-electron chi connectivity index (χ0n) is 12.7. The lowest BCUT2D eigenvalue weighted by molar-refractivity contribution is 0.0693. The third-order valence-electron chi connectivity index (χ3n) is 4.26. The van der Waals surface area contributed by atoms with Gasteiger partial charge in [0.15, 0.2) is 0 Å². The van der Waals surface area contributed by atoms with Crippen LogP contribution < -0.4 is 0 Å². The molecule has 1 atom stereocenters. The molecular weight excluding hydrogens is 282 g/mol. The Hall–Kier alpha value is -2.21. The molecule has 3 heterocycles. The van der Waals surface area contributed by atoms with Gasteiger partial charge in [0.25, 0.3) is 0 Å². The van der Waals surface area contributed by atoms with E-state index in [2.05, 4.69) is 15.0 Å². The second-order valence-electron chi connectivity index (χ2n) is 5.67. The molecule has 1 aliphatic heterocycles. The van der Waals surface area contributed by atoms with Crippen LogP contribution in [0.1, 0.15) is 52.0 Å². The van der Waals surface area contributed by atoms with E-state index in [0.717, 1.165) is 36.4 Å². The average molecular weight is 301 g/mol. The first-order chi connectivity index (χ1) is 10.6. The van der Waals surface area contributed by atoms with Crippen LogP contribution in [-0.4, -0.2) is 32.7 Å². The molecule has 1 saturated heterocycles. The predicted octanol–water partition coefficient (Wildman–Crippen LogP) is 2.72. The van der Waals surface area contributed by atoms with E-state index in [4.69, 9.17) is 4.52 Å². The van der Waals surface area contributed by atoms with Crippen molar-refractivity contribution in [3.05, 3.63) is 46.6 Å². The normalized spacial score (nSPS) is 18.7. The summed E-state index contributed by atoms with van der Waals surface area (Å²) in [6.45, 7) is 5.32. The Morgan fingerprint density at radius 1 is 1.50 bits per heavy atom. The molecule has 2 aromatic rings. The number of rotatable bonds is 4. The SMILES string of the molecule is Cc1noc(C)c1[C@@H]1CCCN1Cc1ncccc1C(=O)O. The first-order valence-corrected chi connectivity index (χ1v) is 7.42. The molecule has 2 aromatic heterocycles. The zero-order valence-corrected chi connectivity index (χ0v) is 12.7. The molecule has 116 valence electrons. The number of aromatic carboxylic acids is 1. The first-order valence-electron chi connectivity index (χ1n) is 7.42. The maximum atomic E-state index is 11.3. The van der Waals surface area contributed by atoms with Crippen molar-refractivity contribution < 1.29 is 14.4 Å². The summed E-state index contributed by atoms with van der Waals surface area (Å²) in [7, 11) is 0. The number of carboxylic acid groups (broad SMARTS) is 1. The van der Waals surface area contributed by atoms with E-state index >= 15 is 0 Å². The lowest BCUT2D eigenvalue weighted by Crippen LogP contribution is -2.25. The minimum Gasteiger partial charge on any atom is -0.478 e. The van der Waals surface area contributed by atoms with Crippen molar-refractivity contribution in [1.29, 1.82) is 0 Å². The average Bonchev–Trinajstić information content (AvgIpc) is 3.06. The highest BCUT2D eigenvalue weighted by Crippen LogP contribution is 2.36.